The molecule has 0 bridgehead atoms. The van der Waals surface area contributed by atoms with Gasteiger partial charge < -0.3 is 10.0 Å². The minimum absolute atomic E-state index is 0.0763. The standard InChI is InChI=1S/C14H19NO3/c1-10(2)8-9-15(3)13(16)11-4-6-12(7-5-11)14(17)18/h4-7,10H,8-9H2,1-3H3,(H,17,18). The molecule has 4 heteroatoms. The molecule has 0 saturated carbocycles. The van der Waals surface area contributed by atoms with Gasteiger partial charge in [0.15, 0.2) is 0 Å². The maximum atomic E-state index is 12.0. The molecule has 1 aromatic rings. The van der Waals surface area contributed by atoms with Crippen molar-refractivity contribution in [2.24, 2.45) is 5.92 Å². The summed E-state index contributed by atoms with van der Waals surface area (Å²) in [4.78, 5) is 24.4. The fourth-order valence-corrected chi connectivity index (χ4v) is 1.53. The Balaban J connectivity index is 2.69. The summed E-state index contributed by atoms with van der Waals surface area (Å²) in [6.07, 6.45) is 0.954. The Kier molecular flexibility index (Phi) is 4.89. The van der Waals surface area contributed by atoms with E-state index >= 15 is 0 Å². The zero-order chi connectivity index (χ0) is 13.7. The SMILES string of the molecule is CC(C)CCN(C)C(=O)c1ccc(C(=O)O)cc1. The van der Waals surface area contributed by atoms with E-state index in [0.717, 1.165) is 6.42 Å². The topological polar surface area (TPSA) is 57.6 Å². The van der Waals surface area contributed by atoms with Crippen LogP contribution in [-0.4, -0.2) is 35.5 Å². The van der Waals surface area contributed by atoms with E-state index < -0.39 is 5.97 Å². The molecule has 0 fully saturated rings. The third-order valence-electron chi connectivity index (χ3n) is 2.77. The van der Waals surface area contributed by atoms with E-state index in [9.17, 15) is 9.59 Å². The van der Waals surface area contributed by atoms with Gasteiger partial charge in [-0.05, 0) is 36.6 Å². The van der Waals surface area contributed by atoms with Gasteiger partial charge in [-0.3, -0.25) is 4.79 Å². The quantitative estimate of drug-likeness (QED) is 0.872. The Bertz CT molecular complexity index is 423. The Morgan fingerprint density at radius 3 is 2.11 bits per heavy atom. The number of carbonyl (C=O) groups excluding carboxylic acids is 1. The van der Waals surface area contributed by atoms with Crippen LogP contribution in [0.4, 0.5) is 0 Å². The molecule has 0 aliphatic heterocycles. The summed E-state index contributed by atoms with van der Waals surface area (Å²) in [6.45, 7) is 4.93. The zero-order valence-corrected chi connectivity index (χ0v) is 11.0. The maximum Gasteiger partial charge on any atom is 0.335 e. The smallest absolute Gasteiger partial charge is 0.335 e. The van der Waals surface area contributed by atoms with Crippen molar-refractivity contribution in [2.75, 3.05) is 13.6 Å². The van der Waals surface area contributed by atoms with Gasteiger partial charge in [-0.2, -0.15) is 0 Å². The van der Waals surface area contributed by atoms with Crippen LogP contribution in [0.15, 0.2) is 24.3 Å². The molecule has 0 aromatic heterocycles. The maximum absolute atomic E-state index is 12.0. The molecule has 18 heavy (non-hydrogen) atoms. The summed E-state index contributed by atoms with van der Waals surface area (Å²) < 4.78 is 0. The van der Waals surface area contributed by atoms with Crippen molar-refractivity contribution in [1.82, 2.24) is 4.90 Å². The van der Waals surface area contributed by atoms with Crippen LogP contribution >= 0.6 is 0 Å². The third kappa shape index (κ3) is 3.87. The molecule has 0 atom stereocenters. The van der Waals surface area contributed by atoms with Gasteiger partial charge in [0.05, 0.1) is 5.56 Å². The van der Waals surface area contributed by atoms with E-state index in [2.05, 4.69) is 13.8 Å². The molecule has 0 aliphatic carbocycles. The Labute approximate surface area is 107 Å². The van der Waals surface area contributed by atoms with Crippen LogP contribution < -0.4 is 0 Å². The van der Waals surface area contributed by atoms with Crippen molar-refractivity contribution in [3.05, 3.63) is 35.4 Å². The van der Waals surface area contributed by atoms with Gasteiger partial charge in [0.1, 0.15) is 0 Å². The summed E-state index contributed by atoms with van der Waals surface area (Å²) in [6, 6.07) is 6.01. The Morgan fingerprint density at radius 2 is 1.67 bits per heavy atom. The number of nitrogens with zero attached hydrogens (tertiary/aromatic N) is 1. The summed E-state index contributed by atoms with van der Waals surface area (Å²) >= 11 is 0. The van der Waals surface area contributed by atoms with Gasteiger partial charge in [-0.25, -0.2) is 4.79 Å². The minimum Gasteiger partial charge on any atom is -0.478 e. The van der Waals surface area contributed by atoms with Crippen LogP contribution in [0.2, 0.25) is 0 Å². The fraction of sp³-hybridized carbons (Fsp3) is 0.429. The first-order chi connectivity index (χ1) is 8.41. The van der Waals surface area contributed by atoms with E-state index in [1.165, 1.54) is 12.1 Å². The number of carbonyl (C=O) groups is 2. The van der Waals surface area contributed by atoms with Crippen LogP contribution in [0.25, 0.3) is 0 Å². The van der Waals surface area contributed by atoms with Crippen LogP contribution in [-0.2, 0) is 0 Å². The first-order valence-electron chi connectivity index (χ1n) is 6.00. The molecular formula is C14H19NO3. The van der Waals surface area contributed by atoms with Crippen molar-refractivity contribution >= 4 is 11.9 Å². The molecule has 0 aliphatic rings. The predicted octanol–water partition coefficient (Wildman–Crippen LogP) is 2.50. The van der Waals surface area contributed by atoms with Gasteiger partial charge in [0.2, 0.25) is 0 Å². The molecule has 4 nitrogen and oxygen atoms in total. The number of benzene rings is 1. The van der Waals surface area contributed by atoms with Crippen LogP contribution in [0.3, 0.4) is 0 Å². The zero-order valence-electron chi connectivity index (χ0n) is 11.0. The van der Waals surface area contributed by atoms with Gasteiger partial charge in [0, 0.05) is 19.2 Å². The molecule has 1 aromatic carbocycles. The second kappa shape index (κ2) is 6.19. The van der Waals surface area contributed by atoms with Crippen molar-refractivity contribution in [3.8, 4) is 0 Å². The van der Waals surface area contributed by atoms with E-state index in [0.29, 0.717) is 18.0 Å². The van der Waals surface area contributed by atoms with E-state index in [4.69, 9.17) is 5.11 Å². The number of hydrogen-bond donors (Lipinski definition) is 1. The number of carboxylic acid groups (broad SMARTS) is 1. The molecule has 0 unspecified atom stereocenters. The second-order valence-electron chi connectivity index (χ2n) is 4.79. The lowest BCUT2D eigenvalue weighted by atomic mass is 10.1. The summed E-state index contributed by atoms with van der Waals surface area (Å²) in [5, 5.41) is 8.77. The van der Waals surface area contributed by atoms with Crippen molar-refractivity contribution < 1.29 is 14.7 Å². The molecule has 1 rings (SSSR count). The average molecular weight is 249 g/mol. The van der Waals surface area contributed by atoms with Crippen LogP contribution in [0, 0.1) is 5.92 Å². The van der Waals surface area contributed by atoms with Crippen molar-refractivity contribution in [3.63, 3.8) is 0 Å². The van der Waals surface area contributed by atoms with Crippen molar-refractivity contribution in [1.29, 1.82) is 0 Å². The molecular weight excluding hydrogens is 230 g/mol. The van der Waals surface area contributed by atoms with Crippen molar-refractivity contribution in [2.45, 2.75) is 20.3 Å². The number of carboxylic acids is 1. The van der Waals surface area contributed by atoms with Crippen LogP contribution in [0.5, 0.6) is 0 Å². The summed E-state index contributed by atoms with van der Waals surface area (Å²) in [5.74, 6) is -0.510. The summed E-state index contributed by atoms with van der Waals surface area (Å²) in [7, 11) is 1.76. The lowest BCUT2D eigenvalue weighted by Gasteiger charge is -2.18. The van der Waals surface area contributed by atoms with Gasteiger partial charge >= 0.3 is 5.97 Å². The predicted molar refractivity (Wildman–Crippen MR) is 69.8 cm³/mol. The normalized spacial score (nSPS) is 10.4. The van der Waals surface area contributed by atoms with E-state index in [1.807, 2.05) is 0 Å². The number of aromatic carboxylic acids is 1. The third-order valence-corrected chi connectivity index (χ3v) is 2.77. The first kappa shape index (κ1) is 14.2. The average Bonchev–Trinajstić information content (AvgIpc) is 2.35. The highest BCUT2D eigenvalue weighted by atomic mass is 16.4. The molecule has 0 saturated heterocycles. The molecule has 98 valence electrons. The summed E-state index contributed by atoms with van der Waals surface area (Å²) in [5.41, 5.74) is 0.711. The minimum atomic E-state index is -0.984. The van der Waals surface area contributed by atoms with E-state index in [-0.39, 0.29) is 11.5 Å². The molecule has 1 amide bonds. The monoisotopic (exact) mass is 249 g/mol. The number of amides is 1. The highest BCUT2D eigenvalue weighted by molar-refractivity contribution is 5.95. The highest BCUT2D eigenvalue weighted by Gasteiger charge is 2.12. The molecule has 0 spiro atoms. The largest absolute Gasteiger partial charge is 0.478 e. The Morgan fingerprint density at radius 1 is 1.17 bits per heavy atom. The first-order valence-corrected chi connectivity index (χ1v) is 6.00. The number of hydrogen-bond acceptors (Lipinski definition) is 2. The van der Waals surface area contributed by atoms with Crippen LogP contribution in [0.1, 0.15) is 41.0 Å². The lowest BCUT2D eigenvalue weighted by Crippen LogP contribution is -2.28. The lowest BCUT2D eigenvalue weighted by molar-refractivity contribution is 0.0695. The van der Waals surface area contributed by atoms with Gasteiger partial charge in [-0.1, -0.05) is 13.8 Å². The fourth-order valence-electron chi connectivity index (χ4n) is 1.53. The van der Waals surface area contributed by atoms with Gasteiger partial charge in [-0.15, -0.1) is 0 Å². The molecule has 0 heterocycles. The Hall–Kier alpha value is -1.84. The molecule has 1 N–H and O–H groups in total. The van der Waals surface area contributed by atoms with E-state index in [1.54, 1.807) is 24.1 Å². The number of rotatable bonds is 5. The molecule has 0 radical (unpaired) electrons. The second-order valence-corrected chi connectivity index (χ2v) is 4.79. The highest BCUT2D eigenvalue weighted by Crippen LogP contribution is 2.09. The van der Waals surface area contributed by atoms with Gasteiger partial charge in [0.25, 0.3) is 5.91 Å².